The Morgan fingerprint density at radius 2 is 2.24 bits per heavy atom. The third-order valence-corrected chi connectivity index (χ3v) is 2.67. The SMILES string of the molecule is CCOc1ccc(/C=N\Nc2nccs2)cc1. The summed E-state index contributed by atoms with van der Waals surface area (Å²) in [7, 11) is 0. The van der Waals surface area contributed by atoms with Crippen LogP contribution in [0.4, 0.5) is 5.13 Å². The summed E-state index contributed by atoms with van der Waals surface area (Å²) in [6.07, 6.45) is 3.48. The van der Waals surface area contributed by atoms with Crippen molar-refractivity contribution in [2.45, 2.75) is 6.92 Å². The summed E-state index contributed by atoms with van der Waals surface area (Å²) in [6.45, 7) is 2.65. The Morgan fingerprint density at radius 1 is 1.41 bits per heavy atom. The van der Waals surface area contributed by atoms with Crippen LogP contribution in [0.3, 0.4) is 0 Å². The maximum Gasteiger partial charge on any atom is 0.203 e. The van der Waals surface area contributed by atoms with Gasteiger partial charge in [-0.3, -0.25) is 5.43 Å². The predicted molar refractivity (Wildman–Crippen MR) is 70.9 cm³/mol. The lowest BCUT2D eigenvalue weighted by Crippen LogP contribution is -1.92. The fourth-order valence-corrected chi connectivity index (χ4v) is 1.74. The van der Waals surface area contributed by atoms with Gasteiger partial charge in [-0.2, -0.15) is 5.10 Å². The second-order valence-corrected chi connectivity index (χ2v) is 4.10. The highest BCUT2D eigenvalue weighted by Gasteiger charge is 1.92. The Labute approximate surface area is 104 Å². The van der Waals surface area contributed by atoms with Crippen LogP contribution in [0.5, 0.6) is 5.75 Å². The number of ether oxygens (including phenoxy) is 1. The molecule has 88 valence electrons. The Kier molecular flexibility index (Phi) is 4.10. The molecule has 0 radical (unpaired) electrons. The zero-order chi connectivity index (χ0) is 11.9. The topological polar surface area (TPSA) is 46.5 Å². The lowest BCUT2D eigenvalue weighted by atomic mass is 10.2. The molecule has 0 aliphatic rings. The third-order valence-electron chi connectivity index (χ3n) is 2.00. The van der Waals surface area contributed by atoms with Gasteiger partial charge in [0.1, 0.15) is 5.75 Å². The minimum atomic E-state index is 0.680. The van der Waals surface area contributed by atoms with E-state index in [2.05, 4.69) is 15.5 Å². The Bertz CT molecular complexity index is 465. The van der Waals surface area contributed by atoms with Crippen molar-refractivity contribution in [3.8, 4) is 5.75 Å². The first-order valence-corrected chi connectivity index (χ1v) is 6.18. The lowest BCUT2D eigenvalue weighted by molar-refractivity contribution is 0.340. The molecule has 1 aromatic carbocycles. The smallest absolute Gasteiger partial charge is 0.203 e. The molecule has 0 aliphatic heterocycles. The van der Waals surface area contributed by atoms with Crippen LogP contribution in [0.25, 0.3) is 0 Å². The van der Waals surface area contributed by atoms with Crippen LogP contribution in [-0.2, 0) is 0 Å². The molecule has 0 bridgehead atoms. The highest BCUT2D eigenvalue weighted by atomic mass is 32.1. The van der Waals surface area contributed by atoms with Gasteiger partial charge in [0.15, 0.2) is 0 Å². The molecule has 4 nitrogen and oxygen atoms in total. The van der Waals surface area contributed by atoms with Gasteiger partial charge in [0, 0.05) is 11.6 Å². The van der Waals surface area contributed by atoms with Crippen molar-refractivity contribution < 1.29 is 4.74 Å². The van der Waals surface area contributed by atoms with E-state index in [0.29, 0.717) is 6.61 Å². The van der Waals surface area contributed by atoms with Crippen molar-refractivity contribution in [2.75, 3.05) is 12.0 Å². The summed E-state index contributed by atoms with van der Waals surface area (Å²) < 4.78 is 5.36. The first-order chi connectivity index (χ1) is 8.38. The molecule has 2 rings (SSSR count). The van der Waals surface area contributed by atoms with E-state index in [-0.39, 0.29) is 0 Å². The molecule has 0 fully saturated rings. The van der Waals surface area contributed by atoms with Crippen molar-refractivity contribution in [1.82, 2.24) is 4.98 Å². The van der Waals surface area contributed by atoms with Gasteiger partial charge < -0.3 is 4.74 Å². The largest absolute Gasteiger partial charge is 0.494 e. The summed E-state index contributed by atoms with van der Waals surface area (Å²) in [6, 6.07) is 7.76. The Balaban J connectivity index is 1.92. The molecular formula is C12H13N3OS. The lowest BCUT2D eigenvalue weighted by Gasteiger charge is -2.01. The number of thiazole rings is 1. The van der Waals surface area contributed by atoms with E-state index in [1.165, 1.54) is 11.3 Å². The zero-order valence-electron chi connectivity index (χ0n) is 9.46. The molecule has 0 saturated heterocycles. The number of aromatic nitrogens is 1. The fraction of sp³-hybridized carbons (Fsp3) is 0.167. The van der Waals surface area contributed by atoms with Crippen molar-refractivity contribution in [3.63, 3.8) is 0 Å². The minimum absolute atomic E-state index is 0.680. The molecule has 0 spiro atoms. The number of rotatable bonds is 5. The molecule has 2 aromatic rings. The number of anilines is 1. The molecule has 1 N–H and O–H groups in total. The summed E-state index contributed by atoms with van der Waals surface area (Å²) >= 11 is 1.51. The number of hydrazone groups is 1. The molecule has 17 heavy (non-hydrogen) atoms. The maximum atomic E-state index is 5.36. The van der Waals surface area contributed by atoms with E-state index in [0.717, 1.165) is 16.4 Å². The van der Waals surface area contributed by atoms with Crippen LogP contribution in [0, 0.1) is 0 Å². The first-order valence-electron chi connectivity index (χ1n) is 5.30. The van der Waals surface area contributed by atoms with Gasteiger partial charge in [0.25, 0.3) is 0 Å². The average molecular weight is 247 g/mol. The molecule has 0 atom stereocenters. The fourth-order valence-electron chi connectivity index (χ4n) is 1.26. The van der Waals surface area contributed by atoms with Gasteiger partial charge >= 0.3 is 0 Å². The zero-order valence-corrected chi connectivity index (χ0v) is 10.3. The molecule has 0 saturated carbocycles. The number of hydrogen-bond donors (Lipinski definition) is 1. The first kappa shape index (κ1) is 11.6. The predicted octanol–water partition coefficient (Wildman–Crippen LogP) is 2.99. The van der Waals surface area contributed by atoms with Gasteiger partial charge in [-0.1, -0.05) is 0 Å². The molecule has 0 amide bonds. The van der Waals surface area contributed by atoms with E-state index in [9.17, 15) is 0 Å². The van der Waals surface area contributed by atoms with E-state index in [4.69, 9.17) is 4.74 Å². The Hall–Kier alpha value is -1.88. The van der Waals surface area contributed by atoms with E-state index in [1.54, 1.807) is 12.4 Å². The Morgan fingerprint density at radius 3 is 2.88 bits per heavy atom. The quantitative estimate of drug-likeness (QED) is 0.652. The molecule has 0 aliphatic carbocycles. The van der Waals surface area contributed by atoms with Crippen LogP contribution in [0.15, 0.2) is 40.9 Å². The van der Waals surface area contributed by atoms with Crippen LogP contribution in [0.1, 0.15) is 12.5 Å². The van der Waals surface area contributed by atoms with Crippen LogP contribution in [0.2, 0.25) is 0 Å². The second-order valence-electron chi connectivity index (χ2n) is 3.21. The van der Waals surface area contributed by atoms with Gasteiger partial charge in [-0.25, -0.2) is 4.98 Å². The maximum absolute atomic E-state index is 5.36. The monoisotopic (exact) mass is 247 g/mol. The summed E-state index contributed by atoms with van der Waals surface area (Å²) in [5.41, 5.74) is 3.87. The molecule has 0 unspecified atom stereocenters. The van der Waals surface area contributed by atoms with Gasteiger partial charge in [-0.05, 0) is 36.8 Å². The third kappa shape index (κ3) is 3.57. The van der Waals surface area contributed by atoms with Crippen molar-refractivity contribution >= 4 is 22.7 Å². The highest BCUT2D eigenvalue weighted by Crippen LogP contribution is 2.12. The van der Waals surface area contributed by atoms with Crippen LogP contribution >= 0.6 is 11.3 Å². The molecule has 1 heterocycles. The van der Waals surface area contributed by atoms with E-state index < -0.39 is 0 Å². The standard InChI is InChI=1S/C12H13N3OS/c1-2-16-11-5-3-10(4-6-11)9-14-15-12-13-7-8-17-12/h3-9H,2H2,1H3,(H,13,15)/b14-9-. The van der Waals surface area contributed by atoms with Crippen LogP contribution in [-0.4, -0.2) is 17.8 Å². The molecular weight excluding hydrogens is 234 g/mol. The minimum Gasteiger partial charge on any atom is -0.494 e. The van der Waals surface area contributed by atoms with Crippen LogP contribution < -0.4 is 10.2 Å². The summed E-state index contributed by atoms with van der Waals surface area (Å²) in [5, 5.41) is 6.77. The van der Waals surface area contributed by atoms with Crippen molar-refractivity contribution in [2.24, 2.45) is 5.10 Å². The van der Waals surface area contributed by atoms with Gasteiger partial charge in [0.2, 0.25) is 5.13 Å². The highest BCUT2D eigenvalue weighted by molar-refractivity contribution is 7.13. The number of hydrogen-bond acceptors (Lipinski definition) is 5. The summed E-state index contributed by atoms with van der Waals surface area (Å²) in [4.78, 5) is 4.06. The average Bonchev–Trinajstić information content (AvgIpc) is 2.85. The van der Waals surface area contributed by atoms with Gasteiger partial charge in [0.05, 0.1) is 12.8 Å². The van der Waals surface area contributed by atoms with E-state index >= 15 is 0 Å². The van der Waals surface area contributed by atoms with Gasteiger partial charge in [-0.15, -0.1) is 11.3 Å². The normalized spacial score (nSPS) is 10.6. The molecule has 1 aromatic heterocycles. The summed E-state index contributed by atoms with van der Waals surface area (Å²) in [5.74, 6) is 0.873. The number of benzene rings is 1. The van der Waals surface area contributed by atoms with Crippen molar-refractivity contribution in [1.29, 1.82) is 0 Å². The van der Waals surface area contributed by atoms with E-state index in [1.807, 2.05) is 36.6 Å². The number of nitrogens with one attached hydrogen (secondary N) is 1. The second kappa shape index (κ2) is 6.00. The number of nitrogens with zero attached hydrogens (tertiary/aromatic N) is 2. The van der Waals surface area contributed by atoms with Crippen molar-refractivity contribution in [3.05, 3.63) is 41.4 Å². The molecule has 5 heteroatoms.